The van der Waals surface area contributed by atoms with Crippen LogP contribution in [0.5, 0.6) is 0 Å². The zero-order valence-electron chi connectivity index (χ0n) is 13.7. The van der Waals surface area contributed by atoms with Crippen LogP contribution in [-0.2, 0) is 11.3 Å². The third-order valence-electron chi connectivity index (χ3n) is 4.49. The molecule has 2 N–H and O–H groups in total. The van der Waals surface area contributed by atoms with Crippen molar-refractivity contribution in [3.8, 4) is 0 Å². The molecule has 0 radical (unpaired) electrons. The molecule has 0 aliphatic rings. The van der Waals surface area contributed by atoms with Gasteiger partial charge < -0.3 is 10.6 Å². The average molecular weight is 313 g/mol. The first kappa shape index (κ1) is 19.9. The third kappa shape index (κ3) is 4.45. The zero-order valence-corrected chi connectivity index (χ0v) is 14.5. The number of carbonyl (C=O) groups is 1. The van der Waals surface area contributed by atoms with Crippen molar-refractivity contribution in [1.82, 2.24) is 4.90 Å². The summed E-state index contributed by atoms with van der Waals surface area (Å²) >= 11 is 0. The van der Waals surface area contributed by atoms with E-state index in [9.17, 15) is 4.79 Å². The molecular formula is C17H29ClN2O. The number of nitrogens with zero attached hydrogens (tertiary/aromatic N) is 1. The Morgan fingerprint density at radius 1 is 1.19 bits per heavy atom. The van der Waals surface area contributed by atoms with Crippen LogP contribution in [-0.4, -0.2) is 23.9 Å². The molecule has 1 aromatic carbocycles. The molecule has 1 rings (SSSR count). The second-order valence-electron chi connectivity index (χ2n) is 5.44. The maximum Gasteiger partial charge on any atom is 0.230 e. The van der Waals surface area contributed by atoms with E-state index in [2.05, 4.69) is 32.9 Å². The van der Waals surface area contributed by atoms with Gasteiger partial charge in [0.25, 0.3) is 0 Å². The van der Waals surface area contributed by atoms with E-state index in [0.717, 1.165) is 19.4 Å². The van der Waals surface area contributed by atoms with Crippen LogP contribution in [0.3, 0.4) is 0 Å². The second-order valence-corrected chi connectivity index (χ2v) is 5.44. The molecule has 0 saturated carbocycles. The summed E-state index contributed by atoms with van der Waals surface area (Å²) in [5, 5.41) is 0. The molecule has 0 heterocycles. The highest BCUT2D eigenvalue weighted by Crippen LogP contribution is 2.28. The van der Waals surface area contributed by atoms with Crippen molar-refractivity contribution in [2.75, 3.05) is 13.1 Å². The van der Waals surface area contributed by atoms with E-state index in [1.54, 1.807) is 0 Å². The lowest BCUT2D eigenvalue weighted by Crippen LogP contribution is -2.47. The molecular weight excluding hydrogens is 284 g/mol. The first-order valence-electron chi connectivity index (χ1n) is 7.58. The van der Waals surface area contributed by atoms with Gasteiger partial charge in [-0.05, 0) is 37.8 Å². The molecule has 3 nitrogen and oxygen atoms in total. The summed E-state index contributed by atoms with van der Waals surface area (Å²) in [5.74, 6) is 0.191. The van der Waals surface area contributed by atoms with Crippen LogP contribution in [0.15, 0.2) is 24.3 Å². The Bertz CT molecular complexity index is 436. The monoisotopic (exact) mass is 312 g/mol. The topological polar surface area (TPSA) is 46.3 Å². The minimum absolute atomic E-state index is 0. The largest absolute Gasteiger partial charge is 0.338 e. The number of hydrogen-bond acceptors (Lipinski definition) is 2. The van der Waals surface area contributed by atoms with Gasteiger partial charge in [-0.25, -0.2) is 0 Å². The smallest absolute Gasteiger partial charge is 0.230 e. The van der Waals surface area contributed by atoms with Crippen LogP contribution in [0.25, 0.3) is 0 Å². The Morgan fingerprint density at radius 2 is 1.76 bits per heavy atom. The van der Waals surface area contributed by atoms with Gasteiger partial charge in [0.15, 0.2) is 0 Å². The molecule has 0 saturated heterocycles. The normalized spacial score (nSPS) is 10.9. The summed E-state index contributed by atoms with van der Waals surface area (Å²) < 4.78 is 0. The van der Waals surface area contributed by atoms with Crippen LogP contribution >= 0.6 is 12.4 Å². The Kier molecular flexibility index (Phi) is 8.60. The highest BCUT2D eigenvalue weighted by Gasteiger charge is 2.36. The molecule has 0 atom stereocenters. The molecule has 0 bridgehead atoms. The third-order valence-corrected chi connectivity index (χ3v) is 4.49. The molecule has 0 aromatic heterocycles. The van der Waals surface area contributed by atoms with Gasteiger partial charge in [0, 0.05) is 19.6 Å². The van der Waals surface area contributed by atoms with Crippen molar-refractivity contribution >= 4 is 18.3 Å². The molecule has 0 fully saturated rings. The average Bonchev–Trinajstić information content (AvgIpc) is 2.48. The van der Waals surface area contributed by atoms with Crippen LogP contribution in [0.2, 0.25) is 0 Å². The highest BCUT2D eigenvalue weighted by molar-refractivity contribution is 5.85. The van der Waals surface area contributed by atoms with Crippen molar-refractivity contribution < 1.29 is 4.79 Å². The van der Waals surface area contributed by atoms with Crippen LogP contribution in [0.4, 0.5) is 0 Å². The van der Waals surface area contributed by atoms with Gasteiger partial charge in [-0.2, -0.15) is 0 Å². The fraction of sp³-hybridized carbons (Fsp3) is 0.588. The standard InChI is InChI=1S/C17H28N2O.ClH/c1-5-17(6-2,13-18)16(20)19(7-3)12-15-11-9-8-10-14(15)4;/h8-11H,5-7,12-13,18H2,1-4H3;1H. The summed E-state index contributed by atoms with van der Waals surface area (Å²) in [6, 6.07) is 8.23. The summed E-state index contributed by atoms with van der Waals surface area (Å²) in [6.45, 7) is 10.0. The predicted molar refractivity (Wildman–Crippen MR) is 91.6 cm³/mol. The number of halogens is 1. The number of hydrogen-bond donors (Lipinski definition) is 1. The van der Waals surface area contributed by atoms with Gasteiger partial charge in [-0.15, -0.1) is 12.4 Å². The molecule has 0 unspecified atom stereocenters. The van der Waals surface area contributed by atoms with Gasteiger partial charge in [-0.3, -0.25) is 4.79 Å². The first-order valence-corrected chi connectivity index (χ1v) is 7.58. The number of aryl methyl sites for hydroxylation is 1. The lowest BCUT2D eigenvalue weighted by atomic mass is 9.81. The van der Waals surface area contributed by atoms with Gasteiger partial charge in [-0.1, -0.05) is 38.1 Å². The van der Waals surface area contributed by atoms with E-state index in [-0.39, 0.29) is 18.3 Å². The Labute approximate surface area is 135 Å². The maximum atomic E-state index is 12.9. The summed E-state index contributed by atoms with van der Waals surface area (Å²) in [5.41, 5.74) is 7.93. The lowest BCUT2D eigenvalue weighted by Gasteiger charge is -2.35. The fourth-order valence-corrected chi connectivity index (χ4v) is 2.58. The molecule has 0 spiro atoms. The maximum absolute atomic E-state index is 12.9. The second kappa shape index (κ2) is 9.06. The van der Waals surface area contributed by atoms with E-state index in [1.165, 1.54) is 11.1 Å². The number of nitrogens with two attached hydrogens (primary N) is 1. The van der Waals surface area contributed by atoms with Crippen molar-refractivity contribution in [3.63, 3.8) is 0 Å². The Hall–Kier alpha value is -1.06. The molecule has 0 aliphatic carbocycles. The van der Waals surface area contributed by atoms with Gasteiger partial charge in [0.1, 0.15) is 0 Å². The van der Waals surface area contributed by atoms with E-state index >= 15 is 0 Å². The molecule has 0 aliphatic heterocycles. The van der Waals surface area contributed by atoms with Crippen LogP contribution < -0.4 is 5.73 Å². The SMILES string of the molecule is CCN(Cc1ccccc1C)C(=O)C(CC)(CC)CN.Cl. The van der Waals surface area contributed by atoms with E-state index in [1.807, 2.05) is 24.0 Å². The zero-order chi connectivity index (χ0) is 15.2. The number of amides is 1. The highest BCUT2D eigenvalue weighted by atomic mass is 35.5. The van der Waals surface area contributed by atoms with Crippen LogP contribution in [0.1, 0.15) is 44.7 Å². The minimum Gasteiger partial charge on any atom is -0.338 e. The Morgan fingerprint density at radius 3 is 2.19 bits per heavy atom. The molecule has 4 heteroatoms. The van der Waals surface area contributed by atoms with Crippen molar-refractivity contribution in [3.05, 3.63) is 35.4 Å². The summed E-state index contributed by atoms with van der Waals surface area (Å²) in [4.78, 5) is 14.8. The quantitative estimate of drug-likeness (QED) is 0.837. The first-order chi connectivity index (χ1) is 9.54. The lowest BCUT2D eigenvalue weighted by molar-refractivity contribution is -0.142. The summed E-state index contributed by atoms with van der Waals surface area (Å²) in [7, 11) is 0. The van der Waals surface area contributed by atoms with E-state index < -0.39 is 5.41 Å². The minimum atomic E-state index is -0.404. The van der Waals surface area contributed by atoms with Gasteiger partial charge in [0.05, 0.1) is 5.41 Å². The number of benzene rings is 1. The molecule has 21 heavy (non-hydrogen) atoms. The predicted octanol–water partition coefficient (Wildman–Crippen LogP) is 3.53. The number of rotatable bonds is 7. The number of carbonyl (C=O) groups excluding carboxylic acids is 1. The van der Waals surface area contributed by atoms with Crippen molar-refractivity contribution in [2.45, 2.75) is 47.1 Å². The molecule has 1 amide bonds. The fourth-order valence-electron chi connectivity index (χ4n) is 2.58. The molecule has 120 valence electrons. The van der Waals surface area contributed by atoms with Crippen molar-refractivity contribution in [1.29, 1.82) is 0 Å². The van der Waals surface area contributed by atoms with Gasteiger partial charge in [0.2, 0.25) is 5.91 Å². The Balaban J connectivity index is 0.00000400. The molecule has 1 aromatic rings. The van der Waals surface area contributed by atoms with E-state index in [0.29, 0.717) is 13.1 Å². The van der Waals surface area contributed by atoms with Gasteiger partial charge >= 0.3 is 0 Å². The van der Waals surface area contributed by atoms with E-state index in [4.69, 9.17) is 5.73 Å². The van der Waals surface area contributed by atoms with Crippen molar-refractivity contribution in [2.24, 2.45) is 11.1 Å². The van der Waals surface area contributed by atoms with Crippen LogP contribution in [0, 0.1) is 12.3 Å². The summed E-state index contributed by atoms with van der Waals surface area (Å²) in [6.07, 6.45) is 1.59.